The number of pyridine rings is 1. The lowest BCUT2D eigenvalue weighted by molar-refractivity contribution is 0.0894. The smallest absolute Gasteiger partial charge is 0.275 e. The van der Waals surface area contributed by atoms with E-state index in [1.807, 2.05) is 6.07 Å². The number of piperidine rings is 1. The number of methoxy groups -OCH3 is 1. The number of nitrogens with one attached hydrogen (secondary N) is 1. The SMILES string of the molecule is CO[C@H]1CCCN(c2ccncc2NC(=O)c2csc(-c3c(F)cccc3F)n2)C1. The summed E-state index contributed by atoms with van der Waals surface area (Å²) in [5.74, 6) is -1.91. The predicted molar refractivity (Wildman–Crippen MR) is 112 cm³/mol. The number of carbonyl (C=O) groups excluding carboxylic acids is 1. The first-order chi connectivity index (χ1) is 14.6. The molecule has 3 aromatic rings. The average molecular weight is 430 g/mol. The van der Waals surface area contributed by atoms with E-state index in [0.717, 1.165) is 55.1 Å². The van der Waals surface area contributed by atoms with Crippen LogP contribution in [-0.2, 0) is 4.74 Å². The Labute approximate surface area is 176 Å². The molecule has 3 heterocycles. The van der Waals surface area contributed by atoms with E-state index in [1.54, 1.807) is 19.5 Å². The number of ether oxygens (including phenoxy) is 1. The average Bonchev–Trinajstić information content (AvgIpc) is 3.24. The second kappa shape index (κ2) is 8.85. The number of carbonyl (C=O) groups is 1. The molecule has 30 heavy (non-hydrogen) atoms. The van der Waals surface area contributed by atoms with Gasteiger partial charge in [-0.1, -0.05) is 6.07 Å². The van der Waals surface area contributed by atoms with Crippen LogP contribution in [0.1, 0.15) is 23.3 Å². The van der Waals surface area contributed by atoms with Crippen LogP contribution in [0.2, 0.25) is 0 Å². The third-order valence-corrected chi connectivity index (χ3v) is 5.87. The highest BCUT2D eigenvalue weighted by Crippen LogP contribution is 2.31. The normalized spacial score (nSPS) is 16.5. The lowest BCUT2D eigenvalue weighted by atomic mass is 10.1. The second-order valence-electron chi connectivity index (χ2n) is 6.93. The molecule has 0 saturated carbocycles. The second-order valence-corrected chi connectivity index (χ2v) is 7.79. The number of rotatable bonds is 5. The maximum Gasteiger partial charge on any atom is 0.275 e. The molecule has 4 rings (SSSR count). The minimum absolute atomic E-state index is 0.0841. The van der Waals surface area contributed by atoms with Gasteiger partial charge in [0.05, 0.1) is 29.2 Å². The minimum atomic E-state index is -0.719. The van der Waals surface area contributed by atoms with Gasteiger partial charge in [-0.25, -0.2) is 13.8 Å². The molecule has 0 aliphatic carbocycles. The van der Waals surface area contributed by atoms with Crippen LogP contribution in [0.25, 0.3) is 10.6 Å². The van der Waals surface area contributed by atoms with E-state index in [9.17, 15) is 13.6 Å². The lowest BCUT2D eigenvalue weighted by Gasteiger charge is -2.34. The van der Waals surface area contributed by atoms with Crippen LogP contribution in [0.15, 0.2) is 42.0 Å². The van der Waals surface area contributed by atoms with Crippen LogP contribution >= 0.6 is 11.3 Å². The zero-order chi connectivity index (χ0) is 21.1. The topological polar surface area (TPSA) is 67.3 Å². The number of benzene rings is 1. The molecule has 1 N–H and O–H groups in total. The van der Waals surface area contributed by atoms with Crippen molar-refractivity contribution in [1.29, 1.82) is 0 Å². The fraction of sp³-hybridized carbons (Fsp3) is 0.286. The van der Waals surface area contributed by atoms with E-state index >= 15 is 0 Å². The highest BCUT2D eigenvalue weighted by molar-refractivity contribution is 7.13. The summed E-state index contributed by atoms with van der Waals surface area (Å²) in [4.78, 5) is 23.2. The summed E-state index contributed by atoms with van der Waals surface area (Å²) >= 11 is 1.01. The van der Waals surface area contributed by atoms with Crippen molar-refractivity contribution in [2.45, 2.75) is 18.9 Å². The van der Waals surface area contributed by atoms with Gasteiger partial charge in [0.15, 0.2) is 0 Å². The molecule has 2 aromatic heterocycles. The van der Waals surface area contributed by atoms with Crippen LogP contribution in [0, 0.1) is 11.6 Å². The number of nitrogens with zero attached hydrogens (tertiary/aromatic N) is 3. The van der Waals surface area contributed by atoms with Crippen LogP contribution in [0.4, 0.5) is 20.2 Å². The lowest BCUT2D eigenvalue weighted by Crippen LogP contribution is -2.39. The molecule has 1 aromatic carbocycles. The van der Waals surface area contributed by atoms with Gasteiger partial charge in [-0.2, -0.15) is 0 Å². The van der Waals surface area contributed by atoms with Crippen molar-refractivity contribution in [1.82, 2.24) is 9.97 Å². The highest BCUT2D eigenvalue weighted by Gasteiger charge is 2.23. The molecular formula is C21H20F2N4O2S. The number of hydrogen-bond donors (Lipinski definition) is 1. The number of amides is 1. The van der Waals surface area contributed by atoms with E-state index in [-0.39, 0.29) is 22.4 Å². The van der Waals surface area contributed by atoms with Crippen molar-refractivity contribution in [2.24, 2.45) is 0 Å². The summed E-state index contributed by atoms with van der Waals surface area (Å²) in [7, 11) is 1.70. The molecule has 156 valence electrons. The molecule has 0 radical (unpaired) electrons. The summed E-state index contributed by atoms with van der Waals surface area (Å²) in [6, 6.07) is 5.45. The molecule has 1 amide bonds. The zero-order valence-corrected chi connectivity index (χ0v) is 17.1. The Morgan fingerprint density at radius 3 is 2.87 bits per heavy atom. The quantitative estimate of drug-likeness (QED) is 0.652. The van der Waals surface area contributed by atoms with Gasteiger partial charge >= 0.3 is 0 Å². The predicted octanol–water partition coefficient (Wildman–Crippen LogP) is 4.35. The van der Waals surface area contributed by atoms with Gasteiger partial charge in [0.25, 0.3) is 5.91 Å². The zero-order valence-electron chi connectivity index (χ0n) is 16.3. The summed E-state index contributed by atoms with van der Waals surface area (Å²) in [5, 5.41) is 4.42. The Hall–Kier alpha value is -2.91. The first-order valence-corrected chi connectivity index (χ1v) is 10.4. The van der Waals surface area contributed by atoms with Gasteiger partial charge in [-0.15, -0.1) is 11.3 Å². The first kappa shape index (κ1) is 20.4. The monoisotopic (exact) mass is 430 g/mol. The molecule has 0 spiro atoms. The molecule has 1 aliphatic heterocycles. The van der Waals surface area contributed by atoms with E-state index in [1.165, 1.54) is 11.4 Å². The molecule has 1 fully saturated rings. The Morgan fingerprint density at radius 1 is 1.30 bits per heavy atom. The molecule has 1 atom stereocenters. The van der Waals surface area contributed by atoms with E-state index in [2.05, 4.69) is 20.2 Å². The van der Waals surface area contributed by atoms with Gasteiger partial charge in [-0.05, 0) is 31.0 Å². The number of aromatic nitrogens is 2. The Bertz CT molecular complexity index is 1040. The molecular weight excluding hydrogens is 410 g/mol. The molecule has 9 heteroatoms. The van der Waals surface area contributed by atoms with Crippen molar-refractivity contribution in [3.05, 3.63) is 59.4 Å². The number of anilines is 2. The fourth-order valence-corrected chi connectivity index (χ4v) is 4.34. The maximum atomic E-state index is 14.0. The maximum absolute atomic E-state index is 14.0. The molecule has 1 saturated heterocycles. The van der Waals surface area contributed by atoms with Crippen molar-refractivity contribution in [3.63, 3.8) is 0 Å². The molecule has 1 aliphatic rings. The van der Waals surface area contributed by atoms with Crippen LogP contribution in [0.5, 0.6) is 0 Å². The standard InChI is InChI=1S/C21H20F2N4O2S/c1-29-13-4-3-9-27(11-13)18-7-8-24-10-16(18)25-20(28)17-12-30-21(26-17)19-14(22)5-2-6-15(19)23/h2,5-8,10,12-13H,3-4,9,11H2,1H3,(H,25,28)/t13-/m0/s1. The summed E-state index contributed by atoms with van der Waals surface area (Å²) in [6.45, 7) is 1.57. The number of halogens is 2. The van der Waals surface area contributed by atoms with Crippen LogP contribution in [-0.4, -0.2) is 42.2 Å². The van der Waals surface area contributed by atoms with Gasteiger partial charge in [-0.3, -0.25) is 9.78 Å². The van der Waals surface area contributed by atoms with E-state index < -0.39 is 17.5 Å². The third kappa shape index (κ3) is 4.17. The van der Waals surface area contributed by atoms with Gasteiger partial charge in [0.2, 0.25) is 0 Å². The Kier molecular flexibility index (Phi) is 6.01. The van der Waals surface area contributed by atoms with Crippen molar-refractivity contribution in [2.75, 3.05) is 30.4 Å². The Morgan fingerprint density at radius 2 is 2.10 bits per heavy atom. The number of hydrogen-bond acceptors (Lipinski definition) is 6. The van der Waals surface area contributed by atoms with E-state index in [0.29, 0.717) is 5.69 Å². The van der Waals surface area contributed by atoms with Gasteiger partial charge < -0.3 is 15.0 Å². The van der Waals surface area contributed by atoms with Gasteiger partial charge in [0.1, 0.15) is 22.3 Å². The molecule has 0 bridgehead atoms. The van der Waals surface area contributed by atoms with Crippen LogP contribution < -0.4 is 10.2 Å². The van der Waals surface area contributed by atoms with Gasteiger partial charge in [0, 0.05) is 31.8 Å². The molecule has 0 unspecified atom stereocenters. The fourth-order valence-electron chi connectivity index (χ4n) is 3.49. The van der Waals surface area contributed by atoms with E-state index in [4.69, 9.17) is 4.74 Å². The summed E-state index contributed by atoms with van der Waals surface area (Å²) in [5.41, 5.74) is 1.24. The Balaban J connectivity index is 1.55. The van der Waals surface area contributed by atoms with Crippen molar-refractivity contribution in [3.8, 4) is 10.6 Å². The summed E-state index contributed by atoms with van der Waals surface area (Å²) < 4.78 is 33.5. The minimum Gasteiger partial charge on any atom is -0.380 e. The summed E-state index contributed by atoms with van der Waals surface area (Å²) in [6.07, 6.45) is 5.36. The third-order valence-electron chi connectivity index (χ3n) is 5.01. The molecule has 6 nitrogen and oxygen atoms in total. The van der Waals surface area contributed by atoms with Crippen molar-refractivity contribution >= 4 is 28.6 Å². The number of thiazole rings is 1. The van der Waals surface area contributed by atoms with Crippen LogP contribution in [0.3, 0.4) is 0 Å². The van der Waals surface area contributed by atoms with Crippen molar-refractivity contribution < 1.29 is 18.3 Å². The first-order valence-electron chi connectivity index (χ1n) is 9.50. The highest BCUT2D eigenvalue weighted by atomic mass is 32.1. The largest absolute Gasteiger partial charge is 0.380 e.